The molecule has 3 aromatic rings. The molecular weight excluding hydrogens is 476 g/mol. The number of ether oxygens (including phenoxy) is 3. The van der Waals surface area contributed by atoms with E-state index in [1.165, 1.54) is 6.08 Å². The SMILES string of the molecule is CCOc1ccc2nc(CCOc3c(Cl)cc(OCC=C(Cl)Cl)cc3Cl)sc2c1. The maximum atomic E-state index is 6.29. The normalized spacial score (nSPS) is 10.8. The summed E-state index contributed by atoms with van der Waals surface area (Å²) in [6.45, 7) is 3.19. The van der Waals surface area contributed by atoms with E-state index in [0.717, 1.165) is 21.0 Å². The zero-order chi connectivity index (χ0) is 20.8. The number of benzene rings is 2. The van der Waals surface area contributed by atoms with Crippen molar-refractivity contribution in [2.24, 2.45) is 0 Å². The standard InChI is InChI=1S/C20H17Cl4NO3S/c1-2-26-12-3-4-16-17(11-12)29-19(25-16)6-8-28-20-14(21)9-13(10-15(20)22)27-7-5-18(23)24/h3-5,9-11H,2,6-8H2,1H3. The third-order valence-electron chi connectivity index (χ3n) is 3.74. The Hall–Kier alpha value is -1.37. The maximum Gasteiger partial charge on any atom is 0.156 e. The van der Waals surface area contributed by atoms with Crippen LogP contribution in [0.15, 0.2) is 40.9 Å². The molecule has 0 radical (unpaired) electrons. The van der Waals surface area contributed by atoms with Gasteiger partial charge in [-0.2, -0.15) is 0 Å². The van der Waals surface area contributed by atoms with Crippen molar-refractivity contribution in [1.29, 1.82) is 0 Å². The summed E-state index contributed by atoms with van der Waals surface area (Å²) in [6.07, 6.45) is 2.15. The maximum absolute atomic E-state index is 6.29. The van der Waals surface area contributed by atoms with E-state index in [1.54, 1.807) is 23.5 Å². The van der Waals surface area contributed by atoms with E-state index >= 15 is 0 Å². The minimum atomic E-state index is 0.131. The molecule has 0 N–H and O–H groups in total. The third kappa shape index (κ3) is 6.30. The molecule has 2 aromatic carbocycles. The summed E-state index contributed by atoms with van der Waals surface area (Å²) in [5.74, 6) is 1.75. The number of rotatable bonds is 9. The van der Waals surface area contributed by atoms with Crippen LogP contribution < -0.4 is 14.2 Å². The first kappa shape index (κ1) is 22.3. The van der Waals surface area contributed by atoms with Gasteiger partial charge in [-0.1, -0.05) is 46.4 Å². The van der Waals surface area contributed by atoms with Gasteiger partial charge in [0.2, 0.25) is 0 Å². The second-order valence-electron chi connectivity index (χ2n) is 5.79. The van der Waals surface area contributed by atoms with E-state index in [1.807, 2.05) is 25.1 Å². The van der Waals surface area contributed by atoms with Gasteiger partial charge >= 0.3 is 0 Å². The molecule has 0 saturated heterocycles. The molecule has 0 aliphatic heterocycles. The van der Waals surface area contributed by atoms with Crippen LogP contribution in [-0.4, -0.2) is 24.8 Å². The molecule has 0 aliphatic carbocycles. The average molecular weight is 493 g/mol. The van der Waals surface area contributed by atoms with E-state index in [2.05, 4.69) is 4.98 Å². The van der Waals surface area contributed by atoms with E-state index in [4.69, 9.17) is 60.6 Å². The van der Waals surface area contributed by atoms with Crippen LogP contribution in [0.25, 0.3) is 10.2 Å². The van der Waals surface area contributed by atoms with Crippen LogP contribution >= 0.6 is 57.7 Å². The monoisotopic (exact) mass is 491 g/mol. The number of nitrogens with zero attached hydrogens (tertiary/aromatic N) is 1. The van der Waals surface area contributed by atoms with Crippen LogP contribution in [0.3, 0.4) is 0 Å². The first-order valence-corrected chi connectivity index (χ1v) is 11.1. The molecule has 0 saturated carbocycles. The molecule has 29 heavy (non-hydrogen) atoms. The summed E-state index contributed by atoms with van der Waals surface area (Å²) in [5, 5.41) is 1.68. The fourth-order valence-corrected chi connectivity index (χ4v) is 4.19. The van der Waals surface area contributed by atoms with Gasteiger partial charge in [-0.25, -0.2) is 4.98 Å². The zero-order valence-electron chi connectivity index (χ0n) is 15.4. The van der Waals surface area contributed by atoms with Crippen molar-refractivity contribution in [2.75, 3.05) is 19.8 Å². The quantitative estimate of drug-likeness (QED) is 0.313. The van der Waals surface area contributed by atoms with Crippen LogP contribution in [0.1, 0.15) is 11.9 Å². The molecule has 4 nitrogen and oxygen atoms in total. The van der Waals surface area contributed by atoms with Gasteiger partial charge in [-0.15, -0.1) is 11.3 Å². The summed E-state index contributed by atoms with van der Waals surface area (Å²) < 4.78 is 18.0. The molecule has 0 unspecified atom stereocenters. The molecule has 0 bridgehead atoms. The van der Waals surface area contributed by atoms with Gasteiger partial charge in [0.1, 0.15) is 22.6 Å². The predicted molar refractivity (Wildman–Crippen MR) is 122 cm³/mol. The van der Waals surface area contributed by atoms with Gasteiger partial charge in [0, 0.05) is 18.6 Å². The highest BCUT2D eigenvalue weighted by Crippen LogP contribution is 2.37. The summed E-state index contributed by atoms with van der Waals surface area (Å²) in [5.41, 5.74) is 0.942. The summed E-state index contributed by atoms with van der Waals surface area (Å²) >= 11 is 25.3. The molecule has 0 atom stereocenters. The zero-order valence-corrected chi connectivity index (χ0v) is 19.2. The molecule has 154 valence electrons. The Morgan fingerprint density at radius 2 is 1.79 bits per heavy atom. The Morgan fingerprint density at radius 3 is 2.48 bits per heavy atom. The van der Waals surface area contributed by atoms with Crippen molar-refractivity contribution in [3.05, 3.63) is 56.0 Å². The third-order valence-corrected chi connectivity index (χ3v) is 5.69. The Bertz CT molecular complexity index is 995. The number of fused-ring (bicyclic) bond motifs is 1. The van der Waals surface area contributed by atoms with Crippen LogP contribution in [0.2, 0.25) is 10.0 Å². The molecule has 0 fully saturated rings. The largest absolute Gasteiger partial charge is 0.494 e. The molecule has 1 heterocycles. The van der Waals surface area contributed by atoms with Crippen molar-refractivity contribution in [1.82, 2.24) is 4.98 Å². The Kier molecular flexibility index (Phi) is 8.16. The molecular formula is C20H17Cl4NO3S. The van der Waals surface area contributed by atoms with E-state index in [-0.39, 0.29) is 11.1 Å². The number of thiazole rings is 1. The van der Waals surface area contributed by atoms with Crippen molar-refractivity contribution in [3.63, 3.8) is 0 Å². The van der Waals surface area contributed by atoms with E-state index < -0.39 is 0 Å². The molecule has 0 spiro atoms. The highest BCUT2D eigenvalue weighted by atomic mass is 35.5. The van der Waals surface area contributed by atoms with Crippen molar-refractivity contribution in [3.8, 4) is 17.2 Å². The highest BCUT2D eigenvalue weighted by molar-refractivity contribution is 7.18. The van der Waals surface area contributed by atoms with Crippen LogP contribution in [0.4, 0.5) is 0 Å². The number of halogens is 4. The van der Waals surface area contributed by atoms with Gasteiger partial charge in [0.15, 0.2) is 5.75 Å². The minimum Gasteiger partial charge on any atom is -0.494 e. The smallest absolute Gasteiger partial charge is 0.156 e. The van der Waals surface area contributed by atoms with Crippen molar-refractivity contribution >= 4 is 68.0 Å². The van der Waals surface area contributed by atoms with E-state index in [9.17, 15) is 0 Å². The van der Waals surface area contributed by atoms with Gasteiger partial charge in [-0.05, 0) is 31.2 Å². The van der Waals surface area contributed by atoms with Crippen molar-refractivity contribution < 1.29 is 14.2 Å². The van der Waals surface area contributed by atoms with Crippen LogP contribution in [0, 0.1) is 0 Å². The van der Waals surface area contributed by atoms with Gasteiger partial charge in [0.25, 0.3) is 0 Å². The second-order valence-corrected chi connectivity index (χ2v) is 8.73. The van der Waals surface area contributed by atoms with Crippen molar-refractivity contribution in [2.45, 2.75) is 13.3 Å². The molecule has 9 heteroatoms. The second kappa shape index (κ2) is 10.6. The predicted octanol–water partition coefficient (Wildman–Crippen LogP) is 7.32. The minimum absolute atomic E-state index is 0.131. The number of hydrogen-bond acceptors (Lipinski definition) is 5. The molecule has 0 aliphatic rings. The lowest BCUT2D eigenvalue weighted by atomic mass is 10.3. The van der Waals surface area contributed by atoms with Crippen LogP contribution in [0.5, 0.6) is 17.2 Å². The molecule has 1 aromatic heterocycles. The summed E-state index contributed by atoms with van der Waals surface area (Å²) in [4.78, 5) is 4.62. The summed E-state index contributed by atoms with van der Waals surface area (Å²) in [6, 6.07) is 9.14. The lowest BCUT2D eigenvalue weighted by Crippen LogP contribution is -2.02. The number of hydrogen-bond donors (Lipinski definition) is 0. The fourth-order valence-electron chi connectivity index (χ4n) is 2.52. The fraction of sp³-hybridized carbons (Fsp3) is 0.250. The van der Waals surface area contributed by atoms with Gasteiger partial charge in [0.05, 0.1) is 38.5 Å². The Balaban J connectivity index is 1.61. The number of aromatic nitrogens is 1. The first-order chi connectivity index (χ1) is 14.0. The Morgan fingerprint density at radius 1 is 1.03 bits per heavy atom. The summed E-state index contributed by atoms with van der Waals surface area (Å²) in [7, 11) is 0. The molecule has 0 amide bonds. The molecule has 3 rings (SSSR count). The lowest BCUT2D eigenvalue weighted by Gasteiger charge is -2.11. The topological polar surface area (TPSA) is 40.6 Å². The van der Waals surface area contributed by atoms with Gasteiger partial charge < -0.3 is 14.2 Å². The first-order valence-electron chi connectivity index (χ1n) is 8.74. The lowest BCUT2D eigenvalue weighted by molar-refractivity contribution is 0.320. The van der Waals surface area contributed by atoms with E-state index in [0.29, 0.717) is 41.2 Å². The Labute approximate surface area is 192 Å². The van der Waals surface area contributed by atoms with Crippen LogP contribution in [-0.2, 0) is 6.42 Å². The average Bonchev–Trinajstić information content (AvgIpc) is 3.06. The van der Waals surface area contributed by atoms with Gasteiger partial charge in [-0.3, -0.25) is 0 Å². The highest BCUT2D eigenvalue weighted by Gasteiger charge is 2.12.